The molecule has 2 bridgehead atoms. The van der Waals surface area contributed by atoms with Crippen LogP contribution in [0.1, 0.15) is 52.9 Å². The summed E-state index contributed by atoms with van der Waals surface area (Å²) in [4.78, 5) is 12.8. The van der Waals surface area contributed by atoms with Gasteiger partial charge in [-0.1, -0.05) is 18.2 Å². The molecular weight excluding hydrogens is 290 g/mol. The Morgan fingerprint density at radius 2 is 1.74 bits per heavy atom. The van der Waals surface area contributed by atoms with Crippen LogP contribution in [0, 0.1) is 5.41 Å². The Hall–Kier alpha value is -1.55. The number of benzene rings is 1. The van der Waals surface area contributed by atoms with Crippen molar-refractivity contribution in [2.75, 3.05) is 0 Å². The van der Waals surface area contributed by atoms with Gasteiger partial charge in [-0.05, 0) is 58.6 Å². The maximum atomic E-state index is 12.8. The van der Waals surface area contributed by atoms with Gasteiger partial charge in [-0.2, -0.15) is 0 Å². The van der Waals surface area contributed by atoms with E-state index in [0.717, 1.165) is 31.4 Å². The van der Waals surface area contributed by atoms with E-state index in [1.54, 1.807) is 0 Å². The number of ether oxygens (including phenoxy) is 2. The smallest absolute Gasteiger partial charge is 0.312 e. The molecule has 1 aromatic carbocycles. The average Bonchev–Trinajstić information content (AvgIpc) is 2.48. The first-order valence-corrected chi connectivity index (χ1v) is 8.47. The standard InChI is InChI=1S/C19H27NO3/c1-17(2,3)23-16(21)18-9-11-19(20,12-10-18)15(13-18)22-14-7-5-4-6-8-14/h4-8,15H,9-13,20H2,1-3H3. The summed E-state index contributed by atoms with van der Waals surface area (Å²) in [6, 6.07) is 9.73. The van der Waals surface area contributed by atoms with Crippen molar-refractivity contribution in [1.29, 1.82) is 0 Å². The van der Waals surface area contributed by atoms with E-state index in [1.807, 2.05) is 51.1 Å². The molecule has 3 aliphatic carbocycles. The van der Waals surface area contributed by atoms with Gasteiger partial charge in [0.15, 0.2) is 0 Å². The molecule has 4 nitrogen and oxygen atoms in total. The van der Waals surface area contributed by atoms with Gasteiger partial charge < -0.3 is 15.2 Å². The molecule has 23 heavy (non-hydrogen) atoms. The van der Waals surface area contributed by atoms with E-state index in [4.69, 9.17) is 15.2 Å². The molecule has 0 radical (unpaired) electrons. The molecule has 4 rings (SSSR count). The quantitative estimate of drug-likeness (QED) is 0.868. The third-order valence-electron chi connectivity index (χ3n) is 5.21. The van der Waals surface area contributed by atoms with Crippen molar-refractivity contribution in [2.24, 2.45) is 11.1 Å². The lowest BCUT2D eigenvalue weighted by Crippen LogP contribution is -2.65. The molecular formula is C19H27NO3. The zero-order valence-electron chi connectivity index (χ0n) is 14.3. The monoisotopic (exact) mass is 317 g/mol. The van der Waals surface area contributed by atoms with Crippen LogP contribution in [0.5, 0.6) is 5.75 Å². The van der Waals surface area contributed by atoms with Gasteiger partial charge in [0.05, 0.1) is 11.0 Å². The van der Waals surface area contributed by atoms with Crippen LogP contribution in [0.2, 0.25) is 0 Å². The van der Waals surface area contributed by atoms with Crippen LogP contribution in [-0.2, 0) is 9.53 Å². The lowest BCUT2D eigenvalue weighted by Gasteiger charge is -2.54. The predicted molar refractivity (Wildman–Crippen MR) is 89.1 cm³/mol. The van der Waals surface area contributed by atoms with Gasteiger partial charge in [0.1, 0.15) is 17.5 Å². The Kier molecular flexibility index (Phi) is 3.91. The number of para-hydroxylation sites is 1. The highest BCUT2D eigenvalue weighted by Gasteiger charge is 2.58. The molecule has 3 fully saturated rings. The fourth-order valence-electron chi connectivity index (χ4n) is 3.77. The summed E-state index contributed by atoms with van der Waals surface area (Å²) in [5.41, 5.74) is 5.37. The van der Waals surface area contributed by atoms with E-state index in [-0.39, 0.29) is 17.6 Å². The molecule has 0 saturated heterocycles. The summed E-state index contributed by atoms with van der Waals surface area (Å²) in [6.07, 6.45) is 3.72. The minimum Gasteiger partial charge on any atom is -0.488 e. The Balaban J connectivity index is 1.79. The van der Waals surface area contributed by atoms with Crippen molar-refractivity contribution in [2.45, 2.75) is 70.1 Å². The molecule has 0 aromatic heterocycles. The van der Waals surface area contributed by atoms with Crippen molar-refractivity contribution in [3.63, 3.8) is 0 Å². The molecule has 0 spiro atoms. The normalized spacial score (nSPS) is 33.3. The van der Waals surface area contributed by atoms with E-state index >= 15 is 0 Å². The molecule has 1 atom stereocenters. The summed E-state index contributed by atoms with van der Waals surface area (Å²) in [7, 11) is 0. The number of rotatable bonds is 3. The van der Waals surface area contributed by atoms with E-state index in [1.165, 1.54) is 0 Å². The Bertz CT molecular complexity index is 568. The van der Waals surface area contributed by atoms with Crippen LogP contribution >= 0.6 is 0 Å². The van der Waals surface area contributed by atoms with Gasteiger partial charge in [-0.3, -0.25) is 4.79 Å². The summed E-state index contributed by atoms with van der Waals surface area (Å²) in [5.74, 6) is 0.725. The van der Waals surface area contributed by atoms with Crippen molar-refractivity contribution >= 4 is 5.97 Å². The molecule has 0 heterocycles. The zero-order valence-corrected chi connectivity index (χ0v) is 14.3. The molecule has 3 aliphatic rings. The highest BCUT2D eigenvalue weighted by molar-refractivity contribution is 5.78. The first-order chi connectivity index (χ1) is 10.7. The number of carbonyl (C=O) groups excluding carboxylic acids is 1. The van der Waals surface area contributed by atoms with Crippen LogP contribution in [0.4, 0.5) is 0 Å². The van der Waals surface area contributed by atoms with Crippen LogP contribution < -0.4 is 10.5 Å². The first-order valence-electron chi connectivity index (χ1n) is 8.47. The fourth-order valence-corrected chi connectivity index (χ4v) is 3.77. The van der Waals surface area contributed by atoms with Gasteiger partial charge in [0.25, 0.3) is 0 Å². The molecule has 126 valence electrons. The van der Waals surface area contributed by atoms with E-state index in [2.05, 4.69) is 0 Å². The maximum absolute atomic E-state index is 12.8. The van der Waals surface area contributed by atoms with Crippen molar-refractivity contribution in [1.82, 2.24) is 0 Å². The maximum Gasteiger partial charge on any atom is 0.312 e. The van der Waals surface area contributed by atoms with Gasteiger partial charge in [0, 0.05) is 6.42 Å². The largest absolute Gasteiger partial charge is 0.488 e. The number of hydrogen-bond donors (Lipinski definition) is 1. The second kappa shape index (κ2) is 5.52. The zero-order chi connectivity index (χ0) is 16.7. The molecule has 3 saturated carbocycles. The van der Waals surface area contributed by atoms with E-state index in [9.17, 15) is 4.79 Å². The molecule has 1 unspecified atom stereocenters. The minimum absolute atomic E-state index is 0.0894. The Morgan fingerprint density at radius 1 is 1.13 bits per heavy atom. The summed E-state index contributed by atoms with van der Waals surface area (Å²) in [5, 5.41) is 0. The number of carbonyl (C=O) groups is 1. The average molecular weight is 317 g/mol. The second-order valence-corrected chi connectivity index (χ2v) is 8.14. The number of esters is 1. The van der Waals surface area contributed by atoms with Crippen LogP contribution in [0.25, 0.3) is 0 Å². The molecule has 4 heteroatoms. The van der Waals surface area contributed by atoms with Crippen molar-refractivity contribution in [3.8, 4) is 5.75 Å². The topological polar surface area (TPSA) is 61.5 Å². The van der Waals surface area contributed by atoms with Gasteiger partial charge in [-0.15, -0.1) is 0 Å². The SMILES string of the molecule is CC(C)(C)OC(=O)C12CCC(N)(CC1)C(Oc1ccccc1)C2. The van der Waals surface area contributed by atoms with E-state index < -0.39 is 11.0 Å². The van der Waals surface area contributed by atoms with Crippen molar-refractivity contribution < 1.29 is 14.3 Å². The van der Waals surface area contributed by atoms with Crippen LogP contribution in [0.3, 0.4) is 0 Å². The summed E-state index contributed by atoms with van der Waals surface area (Å²) in [6.45, 7) is 5.75. The molecule has 0 aliphatic heterocycles. The lowest BCUT2D eigenvalue weighted by molar-refractivity contribution is -0.180. The highest BCUT2D eigenvalue weighted by atomic mass is 16.6. The fraction of sp³-hybridized carbons (Fsp3) is 0.632. The van der Waals surface area contributed by atoms with Crippen LogP contribution in [0.15, 0.2) is 30.3 Å². The first kappa shape index (κ1) is 16.3. The molecule has 1 aromatic rings. The summed E-state index contributed by atoms with van der Waals surface area (Å²) >= 11 is 0. The third kappa shape index (κ3) is 3.23. The lowest BCUT2D eigenvalue weighted by atomic mass is 9.56. The number of fused-ring (bicyclic) bond motifs is 3. The van der Waals surface area contributed by atoms with Gasteiger partial charge in [0.2, 0.25) is 0 Å². The number of hydrogen-bond acceptors (Lipinski definition) is 4. The highest BCUT2D eigenvalue weighted by Crippen LogP contribution is 2.53. The number of nitrogens with two attached hydrogens (primary N) is 1. The summed E-state index contributed by atoms with van der Waals surface area (Å²) < 4.78 is 11.9. The van der Waals surface area contributed by atoms with E-state index in [0.29, 0.717) is 6.42 Å². The minimum atomic E-state index is -0.462. The second-order valence-electron chi connectivity index (χ2n) is 8.14. The Labute approximate surface area is 138 Å². The van der Waals surface area contributed by atoms with Crippen molar-refractivity contribution in [3.05, 3.63) is 30.3 Å². The Morgan fingerprint density at radius 3 is 2.30 bits per heavy atom. The predicted octanol–water partition coefficient (Wildman–Crippen LogP) is 3.44. The third-order valence-corrected chi connectivity index (χ3v) is 5.21. The van der Waals surface area contributed by atoms with Gasteiger partial charge >= 0.3 is 5.97 Å². The molecule has 2 N–H and O–H groups in total. The molecule has 0 amide bonds. The van der Waals surface area contributed by atoms with Crippen LogP contribution in [-0.4, -0.2) is 23.2 Å². The van der Waals surface area contributed by atoms with Gasteiger partial charge in [-0.25, -0.2) is 0 Å².